The molecule has 0 aliphatic heterocycles. The molecule has 0 atom stereocenters. The van der Waals surface area contributed by atoms with E-state index in [2.05, 4.69) is 10.3 Å². The number of amides is 1. The number of hydrogen-bond donors (Lipinski definition) is 1. The van der Waals surface area contributed by atoms with Gasteiger partial charge in [-0.1, -0.05) is 11.6 Å². The average Bonchev–Trinajstić information content (AvgIpc) is 2.64. The summed E-state index contributed by atoms with van der Waals surface area (Å²) in [5.41, 5.74) is 1.52. The van der Waals surface area contributed by atoms with E-state index in [9.17, 15) is 9.18 Å². The van der Waals surface area contributed by atoms with Crippen LogP contribution in [0, 0.1) is 12.7 Å². The molecule has 0 unspecified atom stereocenters. The first kappa shape index (κ1) is 12.6. The Labute approximate surface area is 108 Å². The minimum absolute atomic E-state index is 0.0328. The highest BCUT2D eigenvalue weighted by Gasteiger charge is 2.14. The van der Waals surface area contributed by atoms with Crippen LogP contribution >= 0.6 is 11.6 Å². The van der Waals surface area contributed by atoms with Crippen LogP contribution in [-0.2, 0) is 7.05 Å². The van der Waals surface area contributed by atoms with Gasteiger partial charge in [0, 0.05) is 12.7 Å². The molecule has 0 spiro atoms. The van der Waals surface area contributed by atoms with Gasteiger partial charge in [0.1, 0.15) is 11.5 Å². The van der Waals surface area contributed by atoms with Crippen LogP contribution in [0.2, 0.25) is 5.02 Å². The number of carbonyl (C=O) groups is 1. The standard InChI is InChI=1S/C12H11ClFN3O/c1-7-11(17(2)6-15-7)12(18)16-8-3-4-10(14)9(13)5-8/h3-6H,1-2H3,(H,16,18). The maximum Gasteiger partial charge on any atom is 0.274 e. The zero-order valence-electron chi connectivity index (χ0n) is 9.87. The molecule has 0 aliphatic rings. The molecule has 0 saturated heterocycles. The van der Waals surface area contributed by atoms with Crippen molar-refractivity contribution in [2.45, 2.75) is 6.92 Å². The molecule has 2 rings (SSSR count). The minimum atomic E-state index is -0.522. The smallest absolute Gasteiger partial charge is 0.274 e. The van der Waals surface area contributed by atoms with E-state index in [0.29, 0.717) is 17.1 Å². The Bertz CT molecular complexity index is 590. The van der Waals surface area contributed by atoms with Crippen molar-refractivity contribution in [1.29, 1.82) is 0 Å². The summed E-state index contributed by atoms with van der Waals surface area (Å²) >= 11 is 5.64. The SMILES string of the molecule is Cc1ncn(C)c1C(=O)Nc1ccc(F)c(Cl)c1. The molecule has 0 saturated carbocycles. The molecule has 94 valence electrons. The van der Waals surface area contributed by atoms with Crippen molar-refractivity contribution in [2.24, 2.45) is 7.05 Å². The molecule has 1 N–H and O–H groups in total. The molecule has 4 nitrogen and oxygen atoms in total. The number of hydrogen-bond acceptors (Lipinski definition) is 2. The molecule has 1 aromatic heterocycles. The molecular formula is C12H11ClFN3O. The Hall–Kier alpha value is -1.88. The summed E-state index contributed by atoms with van der Waals surface area (Å²) in [6.45, 7) is 1.74. The normalized spacial score (nSPS) is 10.4. The van der Waals surface area contributed by atoms with Crippen molar-refractivity contribution in [1.82, 2.24) is 9.55 Å². The Kier molecular flexibility index (Phi) is 3.34. The third kappa shape index (κ3) is 2.36. The van der Waals surface area contributed by atoms with Crippen LogP contribution in [-0.4, -0.2) is 15.5 Å². The van der Waals surface area contributed by atoms with E-state index >= 15 is 0 Å². The molecule has 0 fully saturated rings. The molecule has 18 heavy (non-hydrogen) atoms. The van der Waals surface area contributed by atoms with Crippen LogP contribution in [0.1, 0.15) is 16.2 Å². The van der Waals surface area contributed by atoms with Gasteiger partial charge < -0.3 is 9.88 Å². The summed E-state index contributed by atoms with van der Waals surface area (Å²) in [6, 6.07) is 4.01. The molecule has 1 heterocycles. The highest BCUT2D eigenvalue weighted by atomic mass is 35.5. The van der Waals surface area contributed by atoms with Gasteiger partial charge in [0.25, 0.3) is 5.91 Å². The van der Waals surface area contributed by atoms with Gasteiger partial charge in [-0.3, -0.25) is 4.79 Å². The number of imidazole rings is 1. The first-order valence-electron chi connectivity index (χ1n) is 5.23. The van der Waals surface area contributed by atoms with E-state index in [1.807, 2.05) is 0 Å². The van der Waals surface area contributed by atoms with Crippen molar-refractivity contribution >= 4 is 23.2 Å². The van der Waals surface area contributed by atoms with Crippen molar-refractivity contribution in [2.75, 3.05) is 5.32 Å². The van der Waals surface area contributed by atoms with E-state index < -0.39 is 5.82 Å². The largest absolute Gasteiger partial charge is 0.330 e. The van der Waals surface area contributed by atoms with E-state index in [1.54, 1.807) is 24.9 Å². The van der Waals surface area contributed by atoms with Crippen molar-refractivity contribution in [3.8, 4) is 0 Å². The number of nitrogens with zero attached hydrogens (tertiary/aromatic N) is 2. The van der Waals surface area contributed by atoms with Gasteiger partial charge in [0.15, 0.2) is 0 Å². The predicted molar refractivity (Wildman–Crippen MR) is 67.3 cm³/mol. The van der Waals surface area contributed by atoms with Crippen molar-refractivity contribution < 1.29 is 9.18 Å². The molecule has 0 aliphatic carbocycles. The van der Waals surface area contributed by atoms with Crippen LogP contribution in [0.5, 0.6) is 0 Å². The summed E-state index contributed by atoms with van der Waals surface area (Å²) in [4.78, 5) is 16.0. The number of aryl methyl sites for hydroxylation is 2. The highest BCUT2D eigenvalue weighted by Crippen LogP contribution is 2.20. The lowest BCUT2D eigenvalue weighted by Gasteiger charge is -2.07. The average molecular weight is 268 g/mol. The monoisotopic (exact) mass is 267 g/mol. The summed E-state index contributed by atoms with van der Waals surface area (Å²) in [5, 5.41) is 2.61. The molecule has 0 radical (unpaired) electrons. The lowest BCUT2D eigenvalue weighted by Crippen LogP contribution is -2.16. The fourth-order valence-electron chi connectivity index (χ4n) is 1.64. The number of halogens is 2. The molecular weight excluding hydrogens is 257 g/mol. The summed E-state index contributed by atoms with van der Waals surface area (Å²) < 4.78 is 14.6. The second kappa shape index (κ2) is 4.78. The van der Waals surface area contributed by atoms with Crippen LogP contribution in [0.25, 0.3) is 0 Å². The molecule has 2 aromatic rings. The molecule has 0 bridgehead atoms. The second-order valence-corrected chi connectivity index (χ2v) is 4.28. The second-order valence-electron chi connectivity index (χ2n) is 3.87. The first-order chi connectivity index (χ1) is 8.49. The maximum atomic E-state index is 13.0. The Morgan fingerprint density at radius 2 is 2.22 bits per heavy atom. The number of benzene rings is 1. The summed E-state index contributed by atoms with van der Waals surface area (Å²) in [7, 11) is 1.73. The van der Waals surface area contributed by atoms with Crippen LogP contribution in [0.15, 0.2) is 24.5 Å². The minimum Gasteiger partial charge on any atom is -0.330 e. The van der Waals surface area contributed by atoms with E-state index in [1.165, 1.54) is 18.2 Å². The number of anilines is 1. The fourth-order valence-corrected chi connectivity index (χ4v) is 1.82. The predicted octanol–water partition coefficient (Wildman–Crippen LogP) is 2.77. The quantitative estimate of drug-likeness (QED) is 0.909. The van der Waals surface area contributed by atoms with Crippen LogP contribution < -0.4 is 5.32 Å². The molecule has 6 heteroatoms. The van der Waals surface area contributed by atoms with Crippen LogP contribution in [0.4, 0.5) is 10.1 Å². The van der Waals surface area contributed by atoms with Gasteiger partial charge in [-0.25, -0.2) is 9.37 Å². The van der Waals surface area contributed by atoms with Crippen molar-refractivity contribution in [3.63, 3.8) is 0 Å². The molecule has 1 aromatic carbocycles. The van der Waals surface area contributed by atoms with Gasteiger partial charge >= 0.3 is 0 Å². The van der Waals surface area contributed by atoms with E-state index in [4.69, 9.17) is 11.6 Å². The van der Waals surface area contributed by atoms with Crippen molar-refractivity contribution in [3.05, 3.63) is 46.8 Å². The first-order valence-corrected chi connectivity index (χ1v) is 5.61. The van der Waals surface area contributed by atoms with Gasteiger partial charge in [0.2, 0.25) is 0 Å². The molecule has 1 amide bonds. The highest BCUT2D eigenvalue weighted by molar-refractivity contribution is 6.31. The summed E-state index contributed by atoms with van der Waals surface area (Å²) in [5.74, 6) is -0.832. The summed E-state index contributed by atoms with van der Waals surface area (Å²) in [6.07, 6.45) is 1.56. The topological polar surface area (TPSA) is 46.9 Å². The van der Waals surface area contributed by atoms with E-state index in [-0.39, 0.29) is 10.9 Å². The Balaban J connectivity index is 2.24. The number of nitrogens with one attached hydrogen (secondary N) is 1. The van der Waals surface area contributed by atoms with Gasteiger partial charge in [-0.05, 0) is 25.1 Å². The number of aromatic nitrogens is 2. The van der Waals surface area contributed by atoms with Gasteiger partial charge in [-0.2, -0.15) is 0 Å². The Morgan fingerprint density at radius 3 is 2.78 bits per heavy atom. The zero-order chi connectivity index (χ0) is 13.3. The maximum absolute atomic E-state index is 13.0. The lowest BCUT2D eigenvalue weighted by molar-refractivity contribution is 0.101. The zero-order valence-corrected chi connectivity index (χ0v) is 10.6. The van der Waals surface area contributed by atoms with Gasteiger partial charge in [-0.15, -0.1) is 0 Å². The lowest BCUT2D eigenvalue weighted by atomic mass is 10.2. The number of carbonyl (C=O) groups excluding carboxylic acids is 1. The third-order valence-electron chi connectivity index (χ3n) is 2.51. The Morgan fingerprint density at radius 1 is 1.50 bits per heavy atom. The van der Waals surface area contributed by atoms with Crippen LogP contribution in [0.3, 0.4) is 0 Å². The fraction of sp³-hybridized carbons (Fsp3) is 0.167. The van der Waals surface area contributed by atoms with Gasteiger partial charge in [0.05, 0.1) is 17.0 Å². The number of rotatable bonds is 2. The van der Waals surface area contributed by atoms with E-state index in [0.717, 1.165) is 0 Å². The third-order valence-corrected chi connectivity index (χ3v) is 2.80.